The number of hydrogen-bond donors (Lipinski definition) is 2. The number of ether oxygens (including phenoxy) is 2. The fourth-order valence-corrected chi connectivity index (χ4v) is 5.83. The number of rotatable bonds is 13. The van der Waals surface area contributed by atoms with E-state index in [0.717, 1.165) is 31.2 Å². The van der Waals surface area contributed by atoms with E-state index in [0.29, 0.717) is 63.6 Å². The van der Waals surface area contributed by atoms with Crippen LogP contribution in [0.25, 0.3) is 0 Å². The van der Waals surface area contributed by atoms with Gasteiger partial charge in [-0.25, -0.2) is 0 Å². The fourth-order valence-electron chi connectivity index (χ4n) is 5.83. The van der Waals surface area contributed by atoms with Crippen LogP contribution in [0, 0.1) is 5.92 Å². The first-order valence-electron chi connectivity index (χ1n) is 13.5. The number of likely N-dealkylation sites (tertiary alicyclic amines) is 2. The van der Waals surface area contributed by atoms with E-state index in [1.54, 1.807) is 0 Å². The fraction of sp³-hybridized carbons (Fsp3) is 0.667. The summed E-state index contributed by atoms with van der Waals surface area (Å²) in [5.41, 5.74) is 6.57. The Morgan fingerprint density at radius 2 is 1.97 bits per heavy atom. The van der Waals surface area contributed by atoms with Crippen LogP contribution in [0.1, 0.15) is 56.9 Å². The topological polar surface area (TPSA) is 126 Å². The van der Waals surface area contributed by atoms with Crippen molar-refractivity contribution in [3.8, 4) is 11.5 Å². The van der Waals surface area contributed by atoms with Gasteiger partial charge < -0.3 is 30.1 Å². The number of carboxylic acids is 1. The Labute approximate surface area is 218 Å². The van der Waals surface area contributed by atoms with Crippen LogP contribution in [-0.2, 0) is 14.4 Å². The molecule has 2 saturated heterocycles. The lowest BCUT2D eigenvalue weighted by atomic mass is 9.84. The average molecular weight is 517 g/mol. The molecule has 1 aromatic carbocycles. The number of aliphatic carboxylic acids is 1. The van der Waals surface area contributed by atoms with E-state index in [9.17, 15) is 19.5 Å². The predicted octanol–water partition coefficient (Wildman–Crippen LogP) is 1.87. The maximum Gasteiger partial charge on any atom is 0.308 e. The molecular formula is C27H40N4O6. The lowest BCUT2D eigenvalue weighted by Crippen LogP contribution is -2.46. The largest absolute Gasteiger partial charge is 0.481 e. The van der Waals surface area contributed by atoms with Crippen molar-refractivity contribution in [2.75, 3.05) is 52.6 Å². The van der Waals surface area contributed by atoms with Gasteiger partial charge in [-0.15, -0.1) is 0 Å². The first-order chi connectivity index (χ1) is 17.9. The summed E-state index contributed by atoms with van der Waals surface area (Å²) in [7, 11) is 0. The summed E-state index contributed by atoms with van der Waals surface area (Å²) >= 11 is 0. The van der Waals surface area contributed by atoms with Crippen LogP contribution in [0.15, 0.2) is 18.2 Å². The molecule has 4 rings (SSSR count). The molecule has 3 atom stereocenters. The Balaban J connectivity index is 1.57. The third kappa shape index (κ3) is 6.35. The van der Waals surface area contributed by atoms with Crippen molar-refractivity contribution in [3.05, 3.63) is 23.8 Å². The number of benzene rings is 1. The molecule has 0 aliphatic carbocycles. The number of unbranched alkanes of at least 4 members (excludes halogenated alkanes) is 1. The van der Waals surface area contributed by atoms with Gasteiger partial charge in [0.05, 0.1) is 12.5 Å². The van der Waals surface area contributed by atoms with Crippen molar-refractivity contribution in [2.24, 2.45) is 11.7 Å². The van der Waals surface area contributed by atoms with E-state index in [4.69, 9.17) is 15.2 Å². The Kier molecular flexibility index (Phi) is 9.26. The van der Waals surface area contributed by atoms with Gasteiger partial charge in [0.15, 0.2) is 11.5 Å². The number of hydrogen-bond acceptors (Lipinski definition) is 7. The van der Waals surface area contributed by atoms with Crippen LogP contribution < -0.4 is 15.2 Å². The highest BCUT2D eigenvalue weighted by molar-refractivity contribution is 5.79. The van der Waals surface area contributed by atoms with Gasteiger partial charge in [0.2, 0.25) is 18.6 Å². The minimum absolute atomic E-state index is 0.000348. The Bertz CT molecular complexity index is 964. The van der Waals surface area contributed by atoms with Gasteiger partial charge in [-0.1, -0.05) is 19.4 Å². The van der Waals surface area contributed by atoms with E-state index in [1.165, 1.54) is 0 Å². The molecule has 2 amide bonds. The van der Waals surface area contributed by atoms with Crippen molar-refractivity contribution >= 4 is 17.8 Å². The predicted molar refractivity (Wildman–Crippen MR) is 137 cm³/mol. The van der Waals surface area contributed by atoms with Crippen LogP contribution >= 0.6 is 0 Å². The molecule has 3 aliphatic rings. The molecule has 0 bridgehead atoms. The molecule has 1 aromatic rings. The van der Waals surface area contributed by atoms with E-state index >= 15 is 0 Å². The smallest absolute Gasteiger partial charge is 0.308 e. The lowest BCUT2D eigenvalue weighted by Gasteiger charge is -2.30. The van der Waals surface area contributed by atoms with Crippen LogP contribution in [0.5, 0.6) is 11.5 Å². The molecule has 2 fully saturated rings. The van der Waals surface area contributed by atoms with E-state index in [-0.39, 0.29) is 37.1 Å². The monoisotopic (exact) mass is 516 g/mol. The molecule has 0 radical (unpaired) electrons. The molecular weight excluding hydrogens is 476 g/mol. The van der Waals surface area contributed by atoms with Crippen LogP contribution in [-0.4, -0.2) is 96.2 Å². The quantitative estimate of drug-likeness (QED) is 0.407. The third-order valence-corrected chi connectivity index (χ3v) is 7.83. The Morgan fingerprint density at radius 3 is 2.68 bits per heavy atom. The van der Waals surface area contributed by atoms with E-state index in [2.05, 4.69) is 6.92 Å². The van der Waals surface area contributed by atoms with Crippen LogP contribution in [0.2, 0.25) is 0 Å². The third-order valence-electron chi connectivity index (χ3n) is 7.83. The summed E-state index contributed by atoms with van der Waals surface area (Å²) in [4.78, 5) is 44.0. The highest BCUT2D eigenvalue weighted by atomic mass is 16.7. The summed E-state index contributed by atoms with van der Waals surface area (Å²) in [6.07, 6.45) is 4.51. The summed E-state index contributed by atoms with van der Waals surface area (Å²) in [6, 6.07) is 5.22. The number of nitrogens with zero attached hydrogens (tertiary/aromatic N) is 3. The van der Waals surface area contributed by atoms with Crippen molar-refractivity contribution in [1.82, 2.24) is 14.7 Å². The normalized spacial score (nSPS) is 23.1. The summed E-state index contributed by atoms with van der Waals surface area (Å²) < 4.78 is 11.0. The molecule has 0 spiro atoms. The summed E-state index contributed by atoms with van der Waals surface area (Å²) in [5, 5.41) is 10.4. The average Bonchev–Trinajstić information content (AvgIpc) is 3.60. The Morgan fingerprint density at radius 1 is 1.19 bits per heavy atom. The van der Waals surface area contributed by atoms with Gasteiger partial charge in [0.1, 0.15) is 0 Å². The zero-order valence-electron chi connectivity index (χ0n) is 21.8. The second kappa shape index (κ2) is 12.6. The molecule has 3 N–H and O–H groups in total. The lowest BCUT2D eigenvalue weighted by molar-refractivity contribution is -0.144. The number of amides is 2. The molecule has 10 nitrogen and oxygen atoms in total. The Hall–Kier alpha value is -2.85. The number of fused-ring (bicyclic) bond motifs is 1. The molecule has 37 heavy (non-hydrogen) atoms. The van der Waals surface area contributed by atoms with Crippen molar-refractivity contribution in [2.45, 2.75) is 57.4 Å². The van der Waals surface area contributed by atoms with Crippen LogP contribution in [0.4, 0.5) is 0 Å². The van der Waals surface area contributed by atoms with Gasteiger partial charge in [0.25, 0.3) is 0 Å². The molecule has 10 heteroatoms. The highest BCUT2D eigenvalue weighted by Gasteiger charge is 2.47. The van der Waals surface area contributed by atoms with Crippen molar-refractivity contribution in [3.63, 3.8) is 0 Å². The second-order valence-electron chi connectivity index (χ2n) is 10.2. The van der Waals surface area contributed by atoms with Gasteiger partial charge in [-0.2, -0.15) is 0 Å². The van der Waals surface area contributed by atoms with Gasteiger partial charge in [-0.3, -0.25) is 19.3 Å². The summed E-state index contributed by atoms with van der Waals surface area (Å²) in [6.45, 7) is 5.82. The maximum absolute atomic E-state index is 13.4. The van der Waals surface area contributed by atoms with Crippen molar-refractivity contribution in [1.29, 1.82) is 0 Å². The molecule has 0 saturated carbocycles. The van der Waals surface area contributed by atoms with Crippen molar-refractivity contribution < 1.29 is 29.0 Å². The first-order valence-corrected chi connectivity index (χ1v) is 13.5. The summed E-state index contributed by atoms with van der Waals surface area (Å²) in [5.74, 6) is -0.529. The number of carbonyl (C=O) groups excluding carboxylic acids is 2. The SMILES string of the molecule is CCCCN(CCCN)C(=O)CN1C[C@H](c2ccc3c(c2)OCO3)[C@@H](C(=O)O)[C@@H]1CCN1CCCC1=O. The van der Waals surface area contributed by atoms with Gasteiger partial charge >= 0.3 is 5.97 Å². The molecule has 204 valence electrons. The molecule has 0 unspecified atom stereocenters. The first kappa shape index (κ1) is 27.2. The molecule has 0 aromatic heterocycles. The van der Waals surface area contributed by atoms with Gasteiger partial charge in [0, 0.05) is 51.1 Å². The number of carboxylic acid groups (broad SMARTS) is 1. The molecule has 3 heterocycles. The zero-order chi connectivity index (χ0) is 26.4. The van der Waals surface area contributed by atoms with Crippen LogP contribution in [0.3, 0.4) is 0 Å². The number of nitrogens with two attached hydrogens (primary N) is 1. The van der Waals surface area contributed by atoms with E-state index < -0.39 is 11.9 Å². The molecule has 3 aliphatic heterocycles. The number of carbonyl (C=O) groups is 3. The zero-order valence-corrected chi connectivity index (χ0v) is 21.8. The standard InChI is InChI=1S/C27H40N4O6/c1-2-3-11-29(13-5-10-28)25(33)17-31-16-20(19-7-8-22-23(15-19)37-18-36-22)26(27(34)35)21(31)9-14-30-12-4-6-24(30)32/h7-8,15,20-21,26H,2-6,9-14,16-18,28H2,1H3,(H,34,35)/t20-,21+,26-/m1/s1. The minimum Gasteiger partial charge on any atom is -0.481 e. The minimum atomic E-state index is -0.888. The van der Waals surface area contributed by atoms with Gasteiger partial charge in [-0.05, 0) is 49.9 Å². The maximum atomic E-state index is 13.4. The highest BCUT2D eigenvalue weighted by Crippen LogP contribution is 2.42. The van der Waals surface area contributed by atoms with E-state index in [1.807, 2.05) is 32.9 Å². The second-order valence-corrected chi connectivity index (χ2v) is 10.2.